The Balaban J connectivity index is 0.00000176. The Bertz CT molecular complexity index is 638. The first-order chi connectivity index (χ1) is 10.2. The van der Waals surface area contributed by atoms with Crippen LogP contribution in [0.5, 0.6) is 0 Å². The Morgan fingerprint density at radius 1 is 1.45 bits per heavy atom. The second-order valence-corrected chi connectivity index (χ2v) is 5.20. The van der Waals surface area contributed by atoms with Gasteiger partial charge >= 0.3 is 0 Å². The Hall–Kier alpha value is -1.92. The lowest BCUT2D eigenvalue weighted by atomic mass is 10.1. The number of aromatic nitrogens is 2. The van der Waals surface area contributed by atoms with Gasteiger partial charge in [0.15, 0.2) is 5.82 Å². The minimum atomic E-state index is -0.116. The molecule has 0 aliphatic carbocycles. The van der Waals surface area contributed by atoms with E-state index in [9.17, 15) is 4.79 Å². The summed E-state index contributed by atoms with van der Waals surface area (Å²) in [6.45, 7) is 3.41. The van der Waals surface area contributed by atoms with Crippen LogP contribution in [-0.4, -0.2) is 35.2 Å². The first-order valence-electron chi connectivity index (χ1n) is 7.15. The molecule has 3 rings (SSSR count). The monoisotopic (exact) mass is 322 g/mol. The second-order valence-electron chi connectivity index (χ2n) is 5.20. The number of aryl methyl sites for hydroxylation is 1. The molecule has 1 aromatic heterocycles. The summed E-state index contributed by atoms with van der Waals surface area (Å²) in [5.74, 6) is 0.808. The molecule has 1 unspecified atom stereocenters. The van der Waals surface area contributed by atoms with Crippen LogP contribution >= 0.6 is 12.4 Å². The summed E-state index contributed by atoms with van der Waals surface area (Å²) in [7, 11) is 0. The fourth-order valence-corrected chi connectivity index (χ4v) is 2.52. The van der Waals surface area contributed by atoms with E-state index < -0.39 is 0 Å². The quantitative estimate of drug-likeness (QED) is 0.899. The van der Waals surface area contributed by atoms with Crippen molar-refractivity contribution in [2.75, 3.05) is 13.1 Å². The average molecular weight is 323 g/mol. The first-order valence-corrected chi connectivity index (χ1v) is 7.15. The summed E-state index contributed by atoms with van der Waals surface area (Å²) in [5.41, 5.74) is 1.22. The van der Waals surface area contributed by atoms with E-state index >= 15 is 0 Å². The zero-order chi connectivity index (χ0) is 14.7. The molecule has 1 aliphatic rings. The molecule has 6 nitrogen and oxygen atoms in total. The summed E-state index contributed by atoms with van der Waals surface area (Å²) in [4.78, 5) is 16.6. The third-order valence-corrected chi connectivity index (χ3v) is 3.60. The van der Waals surface area contributed by atoms with Gasteiger partial charge in [0, 0.05) is 12.6 Å². The van der Waals surface area contributed by atoms with Gasteiger partial charge in [-0.05, 0) is 38.4 Å². The zero-order valence-electron chi connectivity index (χ0n) is 12.3. The molecule has 0 saturated carbocycles. The van der Waals surface area contributed by atoms with Crippen LogP contribution in [0.4, 0.5) is 0 Å². The topological polar surface area (TPSA) is 80.0 Å². The van der Waals surface area contributed by atoms with Crippen LogP contribution in [0, 0.1) is 6.92 Å². The summed E-state index contributed by atoms with van der Waals surface area (Å²) >= 11 is 0. The summed E-state index contributed by atoms with van der Waals surface area (Å²) in [5, 5.41) is 10.1. The van der Waals surface area contributed by atoms with Crippen molar-refractivity contribution in [3.05, 3.63) is 35.7 Å². The van der Waals surface area contributed by atoms with E-state index in [4.69, 9.17) is 4.52 Å². The minimum Gasteiger partial charge on any atom is -0.350 e. The SMILES string of the molecule is Cc1noc(-c2ccccc2C(=O)NCC2CCCN2)n1.Cl. The molecule has 0 bridgehead atoms. The number of amides is 1. The highest BCUT2D eigenvalue weighted by molar-refractivity contribution is 5.99. The summed E-state index contributed by atoms with van der Waals surface area (Å²) in [6, 6.07) is 7.63. The number of nitrogens with one attached hydrogen (secondary N) is 2. The zero-order valence-corrected chi connectivity index (χ0v) is 13.2. The first kappa shape index (κ1) is 16.5. The smallest absolute Gasteiger partial charge is 0.258 e. The lowest BCUT2D eigenvalue weighted by Crippen LogP contribution is -2.37. The molecule has 7 heteroatoms. The third-order valence-electron chi connectivity index (χ3n) is 3.60. The maximum absolute atomic E-state index is 12.4. The van der Waals surface area contributed by atoms with Crippen LogP contribution in [0.25, 0.3) is 11.5 Å². The van der Waals surface area contributed by atoms with Crippen LogP contribution in [0.2, 0.25) is 0 Å². The second kappa shape index (κ2) is 7.38. The summed E-state index contributed by atoms with van der Waals surface area (Å²) in [6.07, 6.45) is 2.27. The van der Waals surface area contributed by atoms with Crippen molar-refractivity contribution in [2.24, 2.45) is 0 Å². The van der Waals surface area contributed by atoms with Crippen LogP contribution in [0.1, 0.15) is 29.0 Å². The van der Waals surface area contributed by atoms with E-state index in [-0.39, 0.29) is 18.3 Å². The van der Waals surface area contributed by atoms with E-state index in [0.29, 0.717) is 35.4 Å². The van der Waals surface area contributed by atoms with Gasteiger partial charge in [0.1, 0.15) is 0 Å². The van der Waals surface area contributed by atoms with Crippen LogP contribution in [0.15, 0.2) is 28.8 Å². The molecule has 1 amide bonds. The molecule has 1 aromatic carbocycles. The molecule has 1 aliphatic heterocycles. The lowest BCUT2D eigenvalue weighted by Gasteiger charge is -2.12. The number of carbonyl (C=O) groups excluding carboxylic acids is 1. The van der Waals surface area contributed by atoms with Crippen LogP contribution in [0.3, 0.4) is 0 Å². The van der Waals surface area contributed by atoms with Gasteiger partial charge in [0.25, 0.3) is 11.8 Å². The van der Waals surface area contributed by atoms with E-state index in [0.717, 1.165) is 13.0 Å². The van der Waals surface area contributed by atoms with E-state index in [2.05, 4.69) is 20.8 Å². The van der Waals surface area contributed by atoms with Crippen molar-refractivity contribution < 1.29 is 9.32 Å². The van der Waals surface area contributed by atoms with Crippen molar-refractivity contribution in [1.29, 1.82) is 0 Å². The maximum atomic E-state index is 12.4. The number of nitrogens with zero attached hydrogens (tertiary/aromatic N) is 2. The van der Waals surface area contributed by atoms with Gasteiger partial charge in [-0.3, -0.25) is 4.79 Å². The number of hydrogen-bond donors (Lipinski definition) is 2. The Morgan fingerprint density at radius 3 is 2.95 bits per heavy atom. The Labute approximate surface area is 135 Å². The number of hydrogen-bond acceptors (Lipinski definition) is 5. The van der Waals surface area contributed by atoms with Gasteiger partial charge in [0.2, 0.25) is 0 Å². The molecule has 118 valence electrons. The number of carbonyl (C=O) groups is 1. The summed E-state index contributed by atoms with van der Waals surface area (Å²) < 4.78 is 5.17. The molecular weight excluding hydrogens is 304 g/mol. The van der Waals surface area contributed by atoms with Gasteiger partial charge in [-0.1, -0.05) is 17.3 Å². The molecule has 1 fully saturated rings. The van der Waals surface area contributed by atoms with Gasteiger partial charge in [-0.25, -0.2) is 0 Å². The highest BCUT2D eigenvalue weighted by Crippen LogP contribution is 2.21. The molecule has 22 heavy (non-hydrogen) atoms. The normalized spacial score (nSPS) is 17.0. The third kappa shape index (κ3) is 3.64. The predicted octanol–water partition coefficient (Wildman–Crippen LogP) is 1.95. The highest BCUT2D eigenvalue weighted by Gasteiger charge is 2.19. The van der Waals surface area contributed by atoms with Gasteiger partial charge in [0.05, 0.1) is 11.1 Å². The molecule has 0 spiro atoms. The van der Waals surface area contributed by atoms with Gasteiger partial charge < -0.3 is 15.2 Å². The largest absolute Gasteiger partial charge is 0.350 e. The molecule has 0 radical (unpaired) electrons. The molecule has 1 saturated heterocycles. The Morgan fingerprint density at radius 2 is 2.27 bits per heavy atom. The molecule has 2 N–H and O–H groups in total. The van der Waals surface area contributed by atoms with Crippen molar-refractivity contribution in [2.45, 2.75) is 25.8 Å². The lowest BCUT2D eigenvalue weighted by molar-refractivity contribution is 0.0950. The van der Waals surface area contributed by atoms with Gasteiger partial charge in [-0.15, -0.1) is 12.4 Å². The van der Waals surface area contributed by atoms with Crippen molar-refractivity contribution in [1.82, 2.24) is 20.8 Å². The van der Waals surface area contributed by atoms with Crippen molar-refractivity contribution in [3.8, 4) is 11.5 Å². The van der Waals surface area contributed by atoms with Crippen LogP contribution < -0.4 is 10.6 Å². The highest BCUT2D eigenvalue weighted by atomic mass is 35.5. The molecule has 2 aromatic rings. The number of rotatable bonds is 4. The Kier molecular flexibility index (Phi) is 5.51. The fraction of sp³-hybridized carbons (Fsp3) is 0.400. The standard InChI is InChI=1S/C15H18N4O2.ClH/c1-10-18-15(21-19-10)13-7-3-2-6-12(13)14(20)17-9-11-5-4-8-16-11;/h2-3,6-7,11,16H,4-5,8-9H2,1H3,(H,17,20);1H. The predicted molar refractivity (Wildman–Crippen MR) is 85.1 cm³/mol. The maximum Gasteiger partial charge on any atom is 0.258 e. The van der Waals surface area contributed by atoms with Crippen molar-refractivity contribution >= 4 is 18.3 Å². The molecule has 1 atom stereocenters. The number of benzene rings is 1. The minimum absolute atomic E-state index is 0. The van der Waals surface area contributed by atoms with Crippen LogP contribution in [-0.2, 0) is 0 Å². The van der Waals surface area contributed by atoms with E-state index in [1.54, 1.807) is 13.0 Å². The molecule has 2 heterocycles. The molecular formula is C15H19ClN4O2. The average Bonchev–Trinajstić information content (AvgIpc) is 3.16. The van der Waals surface area contributed by atoms with E-state index in [1.165, 1.54) is 6.42 Å². The number of halogens is 1. The van der Waals surface area contributed by atoms with Crippen molar-refractivity contribution in [3.63, 3.8) is 0 Å². The van der Waals surface area contributed by atoms with Gasteiger partial charge in [-0.2, -0.15) is 4.98 Å². The fourth-order valence-electron chi connectivity index (χ4n) is 2.52. The van der Waals surface area contributed by atoms with E-state index in [1.807, 2.05) is 18.2 Å².